The standard InChI is InChI=1S/C20H23NO3/c1-13(2)14-5-8-16(9-6-14)21-19(22)20(3,4)15-7-10-17-18(11-15)24-12-23-17/h5-11,13H,12H2,1-4H3,(H,21,22). The van der Waals surface area contributed by atoms with Crippen LogP contribution >= 0.6 is 0 Å². The van der Waals surface area contributed by atoms with Crippen LogP contribution in [0, 0.1) is 0 Å². The second-order valence-corrected chi connectivity index (χ2v) is 6.92. The van der Waals surface area contributed by atoms with Crippen LogP contribution in [-0.2, 0) is 10.2 Å². The zero-order valence-electron chi connectivity index (χ0n) is 14.6. The molecule has 0 spiro atoms. The maximum Gasteiger partial charge on any atom is 0.234 e. The van der Waals surface area contributed by atoms with Gasteiger partial charge >= 0.3 is 0 Å². The van der Waals surface area contributed by atoms with E-state index in [-0.39, 0.29) is 12.7 Å². The highest BCUT2D eigenvalue weighted by molar-refractivity contribution is 5.98. The van der Waals surface area contributed by atoms with Crippen molar-refractivity contribution in [3.8, 4) is 11.5 Å². The van der Waals surface area contributed by atoms with E-state index in [0.29, 0.717) is 11.7 Å². The third kappa shape index (κ3) is 3.09. The monoisotopic (exact) mass is 325 g/mol. The van der Waals surface area contributed by atoms with Crippen LogP contribution < -0.4 is 14.8 Å². The molecule has 0 unspecified atom stereocenters. The lowest BCUT2D eigenvalue weighted by molar-refractivity contribution is -0.120. The number of carbonyl (C=O) groups excluding carboxylic acids is 1. The van der Waals surface area contributed by atoms with Gasteiger partial charge in [0, 0.05) is 5.69 Å². The third-order valence-electron chi connectivity index (χ3n) is 4.50. The van der Waals surface area contributed by atoms with E-state index in [1.807, 2.05) is 56.3 Å². The highest BCUT2D eigenvalue weighted by atomic mass is 16.7. The Morgan fingerprint density at radius 3 is 2.38 bits per heavy atom. The molecule has 1 amide bonds. The molecule has 0 aromatic heterocycles. The van der Waals surface area contributed by atoms with Crippen LogP contribution in [0.3, 0.4) is 0 Å². The summed E-state index contributed by atoms with van der Waals surface area (Å²) in [5, 5.41) is 3.00. The molecule has 3 rings (SSSR count). The Morgan fingerprint density at radius 1 is 1.04 bits per heavy atom. The molecule has 24 heavy (non-hydrogen) atoms. The molecule has 126 valence electrons. The molecule has 0 bridgehead atoms. The van der Waals surface area contributed by atoms with Gasteiger partial charge in [0.05, 0.1) is 5.41 Å². The minimum Gasteiger partial charge on any atom is -0.454 e. The van der Waals surface area contributed by atoms with Crippen LogP contribution in [0.15, 0.2) is 42.5 Å². The SMILES string of the molecule is CC(C)c1ccc(NC(=O)C(C)(C)c2ccc3c(c2)OCO3)cc1. The Hall–Kier alpha value is -2.49. The van der Waals surface area contributed by atoms with E-state index in [1.54, 1.807) is 0 Å². The minimum atomic E-state index is -0.683. The molecule has 4 heteroatoms. The van der Waals surface area contributed by atoms with E-state index in [1.165, 1.54) is 5.56 Å². The highest BCUT2D eigenvalue weighted by Crippen LogP contribution is 2.36. The molecule has 4 nitrogen and oxygen atoms in total. The number of anilines is 1. The summed E-state index contributed by atoms with van der Waals surface area (Å²) in [6.07, 6.45) is 0. The van der Waals surface area contributed by atoms with Crippen molar-refractivity contribution in [1.29, 1.82) is 0 Å². The fourth-order valence-electron chi connectivity index (χ4n) is 2.66. The van der Waals surface area contributed by atoms with Crippen molar-refractivity contribution in [3.05, 3.63) is 53.6 Å². The van der Waals surface area contributed by atoms with Crippen molar-refractivity contribution in [2.24, 2.45) is 0 Å². The van der Waals surface area contributed by atoms with Gasteiger partial charge in [-0.3, -0.25) is 4.79 Å². The van der Waals surface area contributed by atoms with Gasteiger partial charge in [-0.15, -0.1) is 0 Å². The van der Waals surface area contributed by atoms with Gasteiger partial charge in [0.2, 0.25) is 12.7 Å². The average molecular weight is 325 g/mol. The van der Waals surface area contributed by atoms with E-state index < -0.39 is 5.41 Å². The normalized spacial score (nSPS) is 13.2. The maximum atomic E-state index is 12.8. The number of hydrogen-bond acceptors (Lipinski definition) is 3. The van der Waals surface area contributed by atoms with Crippen LogP contribution in [0.1, 0.15) is 44.7 Å². The van der Waals surface area contributed by atoms with Gasteiger partial charge in [-0.2, -0.15) is 0 Å². The predicted molar refractivity (Wildman–Crippen MR) is 94.8 cm³/mol. The molecule has 0 aliphatic carbocycles. The number of benzene rings is 2. The quantitative estimate of drug-likeness (QED) is 0.903. The molecule has 1 N–H and O–H groups in total. The Bertz CT molecular complexity index is 748. The largest absolute Gasteiger partial charge is 0.454 e. The number of hydrogen-bond donors (Lipinski definition) is 1. The Kier molecular flexibility index (Phi) is 4.22. The maximum absolute atomic E-state index is 12.8. The second-order valence-electron chi connectivity index (χ2n) is 6.92. The molecule has 1 heterocycles. The Morgan fingerprint density at radius 2 is 1.71 bits per heavy atom. The molecule has 0 radical (unpaired) electrons. The summed E-state index contributed by atoms with van der Waals surface area (Å²) in [7, 11) is 0. The van der Waals surface area contributed by atoms with Crippen LogP contribution in [0.2, 0.25) is 0 Å². The summed E-state index contributed by atoms with van der Waals surface area (Å²) in [4.78, 5) is 12.8. The van der Waals surface area contributed by atoms with E-state index in [2.05, 4.69) is 19.2 Å². The van der Waals surface area contributed by atoms with E-state index in [0.717, 1.165) is 17.0 Å². The molecule has 2 aromatic rings. The summed E-state index contributed by atoms with van der Waals surface area (Å²) in [5.74, 6) is 1.83. The first-order valence-electron chi connectivity index (χ1n) is 8.19. The number of carbonyl (C=O) groups is 1. The fourth-order valence-corrected chi connectivity index (χ4v) is 2.66. The Labute approximate surface area is 142 Å². The summed E-state index contributed by atoms with van der Waals surface area (Å²) in [6, 6.07) is 13.6. The first-order chi connectivity index (χ1) is 11.4. The van der Waals surface area contributed by atoms with E-state index in [9.17, 15) is 4.79 Å². The molecule has 1 aliphatic heterocycles. The third-order valence-corrected chi connectivity index (χ3v) is 4.50. The topological polar surface area (TPSA) is 47.6 Å². The molecule has 0 atom stereocenters. The molecular weight excluding hydrogens is 302 g/mol. The average Bonchev–Trinajstić information content (AvgIpc) is 3.02. The van der Waals surface area contributed by atoms with Crippen LogP contribution in [0.4, 0.5) is 5.69 Å². The Balaban J connectivity index is 1.77. The van der Waals surface area contributed by atoms with Gasteiger partial charge in [-0.1, -0.05) is 32.0 Å². The van der Waals surface area contributed by atoms with Crippen molar-refractivity contribution in [3.63, 3.8) is 0 Å². The molecule has 0 saturated carbocycles. The van der Waals surface area contributed by atoms with Gasteiger partial charge in [0.25, 0.3) is 0 Å². The molecule has 0 fully saturated rings. The predicted octanol–water partition coefficient (Wildman–Crippen LogP) is 4.46. The second kappa shape index (κ2) is 6.19. The van der Waals surface area contributed by atoms with Crippen molar-refractivity contribution < 1.29 is 14.3 Å². The highest BCUT2D eigenvalue weighted by Gasteiger charge is 2.31. The number of rotatable bonds is 4. The molecule has 2 aromatic carbocycles. The fraction of sp³-hybridized carbons (Fsp3) is 0.350. The van der Waals surface area contributed by atoms with Crippen molar-refractivity contribution in [1.82, 2.24) is 0 Å². The van der Waals surface area contributed by atoms with Crippen LogP contribution in [-0.4, -0.2) is 12.7 Å². The lowest BCUT2D eigenvalue weighted by Crippen LogP contribution is -2.34. The van der Waals surface area contributed by atoms with E-state index >= 15 is 0 Å². The minimum absolute atomic E-state index is 0.0568. The van der Waals surface area contributed by atoms with Gasteiger partial charge in [0.15, 0.2) is 11.5 Å². The van der Waals surface area contributed by atoms with Gasteiger partial charge in [0.1, 0.15) is 0 Å². The van der Waals surface area contributed by atoms with Crippen LogP contribution in [0.25, 0.3) is 0 Å². The van der Waals surface area contributed by atoms with Crippen molar-refractivity contribution in [2.75, 3.05) is 12.1 Å². The summed E-state index contributed by atoms with van der Waals surface area (Å²) in [6.45, 7) is 8.34. The molecule has 0 saturated heterocycles. The zero-order valence-corrected chi connectivity index (χ0v) is 14.6. The first-order valence-corrected chi connectivity index (χ1v) is 8.19. The van der Waals surface area contributed by atoms with Gasteiger partial charge < -0.3 is 14.8 Å². The van der Waals surface area contributed by atoms with Crippen molar-refractivity contribution >= 4 is 11.6 Å². The molecule has 1 aliphatic rings. The van der Waals surface area contributed by atoms with Gasteiger partial charge in [-0.25, -0.2) is 0 Å². The lowest BCUT2D eigenvalue weighted by Gasteiger charge is -2.24. The number of amides is 1. The lowest BCUT2D eigenvalue weighted by atomic mass is 9.83. The van der Waals surface area contributed by atoms with E-state index in [4.69, 9.17) is 9.47 Å². The number of fused-ring (bicyclic) bond motifs is 1. The summed E-state index contributed by atoms with van der Waals surface area (Å²) >= 11 is 0. The first kappa shape index (κ1) is 16.4. The zero-order chi connectivity index (χ0) is 17.3. The van der Waals surface area contributed by atoms with Crippen molar-refractivity contribution in [2.45, 2.75) is 39.0 Å². The van der Waals surface area contributed by atoms with Crippen LogP contribution in [0.5, 0.6) is 11.5 Å². The summed E-state index contributed by atoms with van der Waals surface area (Å²) < 4.78 is 10.7. The summed E-state index contributed by atoms with van der Waals surface area (Å²) in [5.41, 5.74) is 2.27. The molecular formula is C20H23NO3. The number of nitrogens with one attached hydrogen (secondary N) is 1. The number of ether oxygens (including phenoxy) is 2. The van der Waals surface area contributed by atoms with Gasteiger partial charge in [-0.05, 0) is 55.2 Å². The smallest absolute Gasteiger partial charge is 0.234 e.